The first-order chi connectivity index (χ1) is 3.41. The van der Waals surface area contributed by atoms with Gasteiger partial charge >= 0.3 is 8.68 Å². The molecule has 0 spiro atoms. The smallest absolute Gasteiger partial charge is 0.418 e. The van der Waals surface area contributed by atoms with Crippen LogP contribution in [0.1, 0.15) is 1.43 Å². The second kappa shape index (κ2) is 4.89. The summed E-state index contributed by atoms with van der Waals surface area (Å²) in [5, 5.41) is 2.75. The van der Waals surface area contributed by atoms with Gasteiger partial charge < -0.3 is 22.6 Å². The van der Waals surface area contributed by atoms with Gasteiger partial charge in [-0.2, -0.15) is 0 Å². The highest BCUT2D eigenvalue weighted by atomic mass is 19.5. The highest BCUT2D eigenvalue weighted by molar-refractivity contribution is 6.50. The van der Waals surface area contributed by atoms with Gasteiger partial charge in [-0.25, -0.2) is 0 Å². The number of rotatable bonds is 0. The Bertz CT molecular complexity index is 42.3. The van der Waals surface area contributed by atoms with E-state index in [4.69, 9.17) is 0 Å². The molecule has 0 aromatic rings. The number of hydrogen-bond acceptors (Lipinski definition) is 1. The number of nitrogens with one attached hydrogen (secondary N) is 1. The summed E-state index contributed by atoms with van der Waals surface area (Å²) in [5.74, 6) is 0. The summed E-state index contributed by atoms with van der Waals surface area (Å²) in [6.45, 7) is 0. The van der Waals surface area contributed by atoms with Crippen LogP contribution in [0.2, 0.25) is 0 Å². The third-order valence-electron chi connectivity index (χ3n) is 0. The van der Waals surface area contributed by atoms with Crippen molar-refractivity contribution < 1.29 is 18.7 Å². The molecule has 52 valence electrons. The van der Waals surface area contributed by atoms with Gasteiger partial charge in [0.05, 0.1) is 0 Å². The molecular formula is C2H8BF4N. The van der Waals surface area contributed by atoms with Crippen molar-refractivity contribution in [3.05, 3.63) is 0 Å². The van der Waals surface area contributed by atoms with Crippen molar-refractivity contribution in [3.63, 3.8) is 0 Å². The monoisotopic (exact) mass is 133 g/mol. The Morgan fingerprint density at radius 2 is 1.12 bits per heavy atom. The van der Waals surface area contributed by atoms with Crippen molar-refractivity contribution in [1.29, 1.82) is 0 Å². The Balaban J connectivity index is -0.0000000800. The lowest BCUT2D eigenvalue weighted by Gasteiger charge is -1.94. The molecule has 0 fully saturated rings. The van der Waals surface area contributed by atoms with E-state index in [1.54, 1.807) is 0 Å². The molecule has 1 nitrogen and oxygen atoms in total. The minimum Gasteiger partial charge on any atom is -0.418 e. The predicted molar refractivity (Wildman–Crippen MR) is 26.3 cm³/mol. The van der Waals surface area contributed by atoms with Crippen LogP contribution in [-0.2, 0) is 0 Å². The minimum absolute atomic E-state index is 0. The fraction of sp³-hybridized carbons (Fsp3) is 1.00. The van der Waals surface area contributed by atoms with Gasteiger partial charge in [-0.15, -0.1) is 0 Å². The van der Waals surface area contributed by atoms with Crippen molar-refractivity contribution in [2.24, 2.45) is 0 Å². The standard InChI is InChI=1S/C2H7N.BF4/c1-3-2;2-1(3,4)5/h3H,1-2H3;/q;-1/p+1. The summed E-state index contributed by atoms with van der Waals surface area (Å²) in [4.78, 5) is 0. The van der Waals surface area contributed by atoms with E-state index in [1.807, 2.05) is 14.1 Å². The van der Waals surface area contributed by atoms with E-state index >= 15 is 0 Å². The van der Waals surface area contributed by atoms with Gasteiger partial charge in [0.1, 0.15) is 0 Å². The Kier molecular flexibility index (Phi) is 6.53. The molecule has 8 heavy (non-hydrogen) atoms. The maximum atomic E-state index is 9.75. The zero-order chi connectivity index (χ0) is 7.21. The SMILES string of the molecule is CNC.F[B-](F)(F)F.[H+]. The lowest BCUT2D eigenvalue weighted by atomic mass is 10.3. The van der Waals surface area contributed by atoms with Gasteiger partial charge in [0.15, 0.2) is 0 Å². The average molecular weight is 133 g/mol. The molecule has 0 aliphatic carbocycles. The molecule has 0 rings (SSSR count). The molecule has 0 aromatic carbocycles. The fourth-order valence-corrected chi connectivity index (χ4v) is 0. The van der Waals surface area contributed by atoms with Crippen molar-refractivity contribution in [3.8, 4) is 0 Å². The van der Waals surface area contributed by atoms with Crippen LogP contribution in [0.4, 0.5) is 17.3 Å². The molecule has 0 heterocycles. The molecule has 0 bridgehead atoms. The summed E-state index contributed by atoms with van der Waals surface area (Å²) >= 11 is 0. The minimum atomic E-state index is -6.00. The molecule has 0 aromatic heterocycles. The predicted octanol–water partition coefficient (Wildman–Crippen LogP) is 1.25. The van der Waals surface area contributed by atoms with Crippen molar-refractivity contribution in [1.82, 2.24) is 5.32 Å². The third kappa shape index (κ3) is 1990. The van der Waals surface area contributed by atoms with E-state index < -0.39 is 7.25 Å². The Labute approximate surface area is 46.7 Å². The van der Waals surface area contributed by atoms with Crippen molar-refractivity contribution in [2.75, 3.05) is 14.1 Å². The van der Waals surface area contributed by atoms with Gasteiger partial charge in [0.2, 0.25) is 0 Å². The van der Waals surface area contributed by atoms with Gasteiger partial charge in [0.25, 0.3) is 0 Å². The summed E-state index contributed by atoms with van der Waals surface area (Å²) in [7, 11) is -2.25. The molecule has 0 amide bonds. The maximum Gasteiger partial charge on any atom is 1.00 e. The van der Waals surface area contributed by atoms with Crippen LogP contribution in [0.25, 0.3) is 0 Å². The van der Waals surface area contributed by atoms with Crippen LogP contribution in [-0.4, -0.2) is 21.3 Å². The van der Waals surface area contributed by atoms with Crippen LogP contribution in [0.3, 0.4) is 0 Å². The van der Waals surface area contributed by atoms with Gasteiger partial charge in [-0.3, -0.25) is 0 Å². The van der Waals surface area contributed by atoms with E-state index in [2.05, 4.69) is 5.32 Å². The second-order valence-electron chi connectivity index (χ2n) is 0.995. The second-order valence-corrected chi connectivity index (χ2v) is 0.995. The molecule has 0 saturated heterocycles. The molecule has 0 aliphatic heterocycles. The van der Waals surface area contributed by atoms with E-state index in [9.17, 15) is 17.3 Å². The first kappa shape index (κ1) is 10.7. The van der Waals surface area contributed by atoms with Crippen molar-refractivity contribution in [2.45, 2.75) is 0 Å². The van der Waals surface area contributed by atoms with Crippen LogP contribution in [0.15, 0.2) is 0 Å². The maximum absolute atomic E-state index is 9.75. The molecule has 0 unspecified atom stereocenters. The summed E-state index contributed by atoms with van der Waals surface area (Å²) in [6, 6.07) is 0. The Morgan fingerprint density at radius 3 is 1.12 bits per heavy atom. The molecule has 1 N–H and O–H groups in total. The highest BCUT2D eigenvalue weighted by Gasteiger charge is 2.20. The highest BCUT2D eigenvalue weighted by Crippen LogP contribution is 2.06. The molecule has 0 atom stereocenters. The van der Waals surface area contributed by atoms with E-state index in [-0.39, 0.29) is 1.43 Å². The first-order valence-electron chi connectivity index (χ1n) is 1.87. The number of halogens is 4. The topological polar surface area (TPSA) is 12.0 Å². The quantitative estimate of drug-likeness (QED) is 0.387. The van der Waals surface area contributed by atoms with Gasteiger partial charge in [-0.1, -0.05) is 0 Å². The fourth-order valence-electron chi connectivity index (χ4n) is 0. The molecule has 0 radical (unpaired) electrons. The summed E-state index contributed by atoms with van der Waals surface area (Å²) in [5.41, 5.74) is 0. The molecular weight excluding hydrogens is 125 g/mol. The van der Waals surface area contributed by atoms with Crippen LogP contribution in [0.5, 0.6) is 0 Å². The Hall–Kier alpha value is -0.255. The van der Waals surface area contributed by atoms with E-state index in [1.165, 1.54) is 0 Å². The largest absolute Gasteiger partial charge is 1.00 e. The lowest BCUT2D eigenvalue weighted by molar-refractivity contribution is 0.368. The Morgan fingerprint density at radius 1 is 1.12 bits per heavy atom. The van der Waals surface area contributed by atoms with Gasteiger partial charge in [-0.05, 0) is 14.1 Å². The van der Waals surface area contributed by atoms with Crippen LogP contribution in [0, 0.1) is 0 Å². The molecule has 6 heteroatoms. The number of hydrogen-bond donors (Lipinski definition) is 1. The third-order valence-corrected chi connectivity index (χ3v) is 0. The van der Waals surface area contributed by atoms with Crippen LogP contribution >= 0.6 is 0 Å². The summed E-state index contributed by atoms with van der Waals surface area (Å²) in [6.07, 6.45) is 0. The zero-order valence-electron chi connectivity index (χ0n) is 5.59. The first-order valence-corrected chi connectivity index (χ1v) is 1.87. The van der Waals surface area contributed by atoms with Crippen LogP contribution < -0.4 is 5.32 Å². The summed E-state index contributed by atoms with van der Waals surface area (Å²) < 4.78 is 39.0. The molecule has 0 aliphatic rings. The molecule has 0 saturated carbocycles. The van der Waals surface area contributed by atoms with Crippen molar-refractivity contribution >= 4 is 7.25 Å². The zero-order valence-corrected chi connectivity index (χ0v) is 4.59. The van der Waals surface area contributed by atoms with E-state index in [0.29, 0.717) is 0 Å². The lowest BCUT2D eigenvalue weighted by Crippen LogP contribution is -2.02. The van der Waals surface area contributed by atoms with E-state index in [0.717, 1.165) is 0 Å². The average Bonchev–Trinajstić information content (AvgIpc) is 1.27. The normalized spacial score (nSPS) is 9.75. The van der Waals surface area contributed by atoms with Gasteiger partial charge in [0, 0.05) is 0 Å².